The average molecular weight is 345 g/mol. The number of unbranched alkanes of at least 4 members (excludes halogenated alkanes) is 1. The van der Waals surface area contributed by atoms with Gasteiger partial charge in [-0.2, -0.15) is 0 Å². The monoisotopic (exact) mass is 345 g/mol. The van der Waals surface area contributed by atoms with Gasteiger partial charge < -0.3 is 31.9 Å². The first-order valence-corrected chi connectivity index (χ1v) is 8.22. The number of hydrogen-bond acceptors (Lipinski definition) is 6. The third-order valence-corrected chi connectivity index (χ3v) is 4.13. The van der Waals surface area contributed by atoms with Gasteiger partial charge in [-0.1, -0.05) is 6.42 Å². The fourth-order valence-electron chi connectivity index (χ4n) is 2.76. The number of likely N-dealkylation sites (tertiary alicyclic amines) is 1. The van der Waals surface area contributed by atoms with Crippen molar-refractivity contribution in [2.24, 2.45) is 11.5 Å². The van der Waals surface area contributed by atoms with Crippen LogP contribution in [0.5, 0.6) is 0 Å². The van der Waals surface area contributed by atoms with E-state index in [4.69, 9.17) is 12.3 Å². The van der Waals surface area contributed by atoms with E-state index in [-0.39, 0.29) is 5.91 Å². The van der Waals surface area contributed by atoms with Crippen LogP contribution in [-0.2, 0) is 14.4 Å². The van der Waals surface area contributed by atoms with Crippen molar-refractivity contribution >= 4 is 17.8 Å². The lowest BCUT2D eigenvalue weighted by Crippen LogP contribution is -2.56. The number of carboxylic acid groups (broad SMARTS) is 1. The Hall–Kier alpha value is -1.71. The quantitative estimate of drug-likeness (QED) is 0.298. The maximum absolute atomic E-state index is 12.6. The minimum Gasteiger partial charge on any atom is -0.480 e. The summed E-state index contributed by atoms with van der Waals surface area (Å²) in [6, 6.07) is -2.95. The lowest BCUT2D eigenvalue weighted by Gasteiger charge is -2.28. The molecule has 0 aromatic carbocycles. The normalized spacial score (nSPS) is 21.7. The first kappa shape index (κ1) is 18.6. The number of rotatable bonds is 10. The molecule has 138 valence electrons. The van der Waals surface area contributed by atoms with Crippen LogP contribution in [0.25, 0.3) is 0 Å². The van der Waals surface area contributed by atoms with Crippen molar-refractivity contribution < 1.29 is 26.0 Å². The molecule has 0 saturated carbocycles. The van der Waals surface area contributed by atoms with E-state index in [0.29, 0.717) is 38.8 Å². The molecule has 0 aliphatic carbocycles. The number of nitrogens with zero attached hydrogens (tertiary/aromatic N) is 1. The maximum atomic E-state index is 12.6. The van der Waals surface area contributed by atoms with Crippen LogP contribution < -0.4 is 16.8 Å². The van der Waals surface area contributed by atoms with Gasteiger partial charge in [-0.3, -0.25) is 9.59 Å². The van der Waals surface area contributed by atoms with Gasteiger partial charge in [0, 0.05) is 6.54 Å². The van der Waals surface area contributed by atoms with Gasteiger partial charge in [0.1, 0.15) is 7.45 Å². The van der Waals surface area contributed by atoms with E-state index >= 15 is 0 Å². The lowest BCUT2D eigenvalue weighted by molar-refractivity contribution is -0.146. The number of carbonyl (C=O) groups is 3. The first-order chi connectivity index (χ1) is 11.8. The molecule has 1 aliphatic rings. The van der Waals surface area contributed by atoms with E-state index in [0.717, 1.165) is 6.42 Å². The van der Waals surface area contributed by atoms with E-state index in [9.17, 15) is 19.5 Å². The Morgan fingerprint density at radius 3 is 2.67 bits per heavy atom. The number of aliphatic hydroxyl groups is 1. The van der Waals surface area contributed by atoms with Crippen molar-refractivity contribution in [3.8, 4) is 0 Å². The number of carboxylic acids is 1. The van der Waals surface area contributed by atoms with Gasteiger partial charge in [0.05, 0.1) is 12.1 Å². The average Bonchev–Trinajstić information content (AvgIpc) is 3.05. The van der Waals surface area contributed by atoms with E-state index in [1.54, 1.807) is 0 Å². The molecule has 4 atom stereocenters. The van der Waals surface area contributed by atoms with E-state index < -0.39 is 36.1 Å². The van der Waals surface area contributed by atoms with Gasteiger partial charge in [0.15, 0.2) is 6.04 Å². The number of amides is 2. The number of carbonyl (C=O) groups excluding carboxylic acids is 2. The van der Waals surface area contributed by atoms with Crippen LogP contribution in [-0.4, -0.2) is 70.2 Å². The zero-order valence-electron chi connectivity index (χ0n) is 14.9. The third kappa shape index (κ3) is 5.43. The Kier molecular flexibility index (Phi) is 7.41. The highest BCUT2D eigenvalue weighted by Gasteiger charge is 2.38. The second kappa shape index (κ2) is 9.55. The third-order valence-electron chi connectivity index (χ3n) is 4.13. The zero-order valence-corrected chi connectivity index (χ0v) is 13.9. The summed E-state index contributed by atoms with van der Waals surface area (Å²) in [5.41, 5.74) is 7.65. The van der Waals surface area contributed by atoms with Gasteiger partial charge in [-0.05, 0) is 39.2 Å². The Balaban J connectivity index is 2.74. The number of hydrogen-bond donors (Lipinski definition) is 5. The molecule has 0 radical (unpaired) electrons. The van der Waals surface area contributed by atoms with Crippen molar-refractivity contribution in [3.05, 3.63) is 0 Å². The molecule has 1 rings (SSSR count). The number of nitrogens with one attached hydrogen (secondary N) is 1. The molecule has 1 fully saturated rings. The summed E-state index contributed by atoms with van der Waals surface area (Å²) in [5.74, 6) is -2.30. The summed E-state index contributed by atoms with van der Waals surface area (Å²) in [7, 11) is 0. The molecule has 9 heteroatoms. The van der Waals surface area contributed by atoms with Crippen LogP contribution in [0.1, 0.15) is 39.0 Å². The lowest BCUT2D eigenvalue weighted by atomic mass is 10.1. The van der Waals surface area contributed by atoms with Gasteiger partial charge in [-0.15, -0.1) is 0 Å². The number of aliphatic carboxylic acids is 1. The van der Waals surface area contributed by atoms with Gasteiger partial charge >= 0.3 is 5.97 Å². The van der Waals surface area contributed by atoms with Crippen molar-refractivity contribution in [3.63, 3.8) is 0 Å². The van der Waals surface area contributed by atoms with Gasteiger partial charge in [-0.25, -0.2) is 4.79 Å². The molecule has 1 saturated heterocycles. The molecule has 2 amide bonds. The van der Waals surface area contributed by atoms with E-state index in [1.165, 1.54) is 11.8 Å². The van der Waals surface area contributed by atoms with Crippen molar-refractivity contribution in [1.82, 2.24) is 10.2 Å². The Morgan fingerprint density at radius 1 is 1.42 bits per heavy atom. The van der Waals surface area contributed by atoms with Crippen LogP contribution in [0.2, 0.25) is 1.41 Å². The maximum Gasteiger partial charge on any atom is 0.328 e. The predicted octanol–water partition coefficient (Wildman–Crippen LogP) is -1.62. The summed E-state index contributed by atoms with van der Waals surface area (Å²) in [5, 5.41) is 20.8. The molecule has 9 nitrogen and oxygen atoms in total. The molecule has 24 heavy (non-hydrogen) atoms. The molecular formula is C15H28N4O5. The smallest absolute Gasteiger partial charge is 0.328 e. The minimum atomic E-state index is -1.43. The highest BCUT2D eigenvalue weighted by molar-refractivity contribution is 5.92. The van der Waals surface area contributed by atoms with Gasteiger partial charge in [0.2, 0.25) is 11.8 Å². The Bertz CT molecular complexity index is 477. The standard InChI is InChI=1S/C15H28N4O5/c1-9(20)12(15(23)24)18-13(21)11-6-4-8-19(11)14(22)10(17)5-2-3-7-16/h9-12,20H,2-8,16-17H2,1H3,(H,18,21)(H,23,24)/t9-,10+,11+,12+/m1/s1/i/hD. The number of nitrogens with two attached hydrogens (primary N) is 2. The Labute approximate surface area is 142 Å². The van der Waals surface area contributed by atoms with E-state index in [2.05, 4.69) is 11.0 Å². The molecular weight excluding hydrogens is 316 g/mol. The van der Waals surface area contributed by atoms with Crippen LogP contribution in [0, 0.1) is 0 Å². The van der Waals surface area contributed by atoms with Crippen LogP contribution >= 0.6 is 0 Å². The summed E-state index contributed by atoms with van der Waals surface area (Å²) < 4.78 is 7.35. The first-order valence-electron chi connectivity index (χ1n) is 8.72. The molecule has 0 aromatic rings. The Morgan fingerprint density at radius 2 is 2.12 bits per heavy atom. The second-order valence-electron chi connectivity index (χ2n) is 6.09. The summed E-state index contributed by atoms with van der Waals surface area (Å²) >= 11 is 0. The number of aliphatic hydroxyl groups excluding tert-OH is 1. The van der Waals surface area contributed by atoms with Crippen molar-refractivity contribution in [2.75, 3.05) is 13.1 Å². The predicted molar refractivity (Wildman–Crippen MR) is 86.9 cm³/mol. The molecule has 0 unspecified atom stereocenters. The molecule has 0 aromatic heterocycles. The summed E-state index contributed by atoms with van der Waals surface area (Å²) in [6.45, 7) is 2.15. The zero-order chi connectivity index (χ0) is 19.0. The van der Waals surface area contributed by atoms with E-state index in [1.807, 2.05) is 0 Å². The topological polar surface area (TPSA) is 159 Å². The molecule has 1 heterocycles. The molecule has 0 spiro atoms. The largest absolute Gasteiger partial charge is 0.480 e. The van der Waals surface area contributed by atoms with Crippen LogP contribution in [0.15, 0.2) is 0 Å². The molecule has 7 N–H and O–H groups in total. The second-order valence-corrected chi connectivity index (χ2v) is 6.09. The highest BCUT2D eigenvalue weighted by atomic mass is 16.4. The van der Waals surface area contributed by atoms with Crippen LogP contribution in [0.3, 0.4) is 0 Å². The fourth-order valence-corrected chi connectivity index (χ4v) is 2.76. The SMILES string of the molecule is [2H]N[C@@H](CCCCN)C(=O)N1CCC[C@H]1C(=O)N[C@H](C(=O)O)[C@@H](C)O. The fraction of sp³-hybridized carbons (Fsp3) is 0.800. The molecule has 0 bridgehead atoms. The highest BCUT2D eigenvalue weighted by Crippen LogP contribution is 2.19. The van der Waals surface area contributed by atoms with Crippen molar-refractivity contribution in [1.29, 1.82) is 0 Å². The van der Waals surface area contributed by atoms with Crippen LogP contribution in [0.4, 0.5) is 0 Å². The summed E-state index contributed by atoms with van der Waals surface area (Å²) in [6.07, 6.45) is 1.64. The molecule has 1 aliphatic heterocycles. The van der Waals surface area contributed by atoms with Gasteiger partial charge in [0.25, 0.3) is 0 Å². The van der Waals surface area contributed by atoms with Crippen molar-refractivity contribution in [2.45, 2.75) is 63.3 Å². The minimum absolute atomic E-state index is 0.353. The summed E-state index contributed by atoms with van der Waals surface area (Å²) in [4.78, 5) is 37.5.